The number of aromatic hydroxyl groups is 1. The summed E-state index contributed by atoms with van der Waals surface area (Å²) in [5.74, 6) is -0.0662. The number of aryl methyl sites for hydroxylation is 1. The second-order valence-electron chi connectivity index (χ2n) is 6.38. The maximum Gasteiger partial charge on any atom is 0.218 e. The van der Waals surface area contributed by atoms with Gasteiger partial charge in [0, 0.05) is 5.39 Å². The standard InChI is InChI=1S/C21H17N3O3S/c1-14-6-10-16(11-7-14)28(26,27)17-12-8-15(9-13-17)23-24-20-18-4-2-3-5-19(18)22-21(20)25/h2-13,22,25H,1H3. The van der Waals surface area contributed by atoms with Crippen LogP contribution in [-0.2, 0) is 9.84 Å². The quantitative estimate of drug-likeness (QED) is 0.454. The number of hydrogen-bond donors (Lipinski definition) is 2. The molecule has 0 amide bonds. The Morgan fingerprint density at radius 1 is 0.821 bits per heavy atom. The van der Waals surface area contributed by atoms with Crippen LogP contribution in [0.1, 0.15) is 5.56 Å². The molecule has 28 heavy (non-hydrogen) atoms. The van der Waals surface area contributed by atoms with Crippen LogP contribution in [0.25, 0.3) is 10.9 Å². The van der Waals surface area contributed by atoms with Gasteiger partial charge in [-0.3, -0.25) is 0 Å². The first-order chi connectivity index (χ1) is 13.4. The Bertz CT molecular complexity index is 1270. The normalized spacial score (nSPS) is 12.0. The van der Waals surface area contributed by atoms with Gasteiger partial charge in [0.2, 0.25) is 15.7 Å². The highest BCUT2D eigenvalue weighted by Gasteiger charge is 2.17. The summed E-state index contributed by atoms with van der Waals surface area (Å²) >= 11 is 0. The van der Waals surface area contributed by atoms with Gasteiger partial charge < -0.3 is 10.1 Å². The molecule has 0 radical (unpaired) electrons. The molecule has 2 N–H and O–H groups in total. The molecule has 0 aliphatic heterocycles. The van der Waals surface area contributed by atoms with Crippen molar-refractivity contribution in [2.75, 3.05) is 0 Å². The van der Waals surface area contributed by atoms with Gasteiger partial charge in [0.05, 0.1) is 21.0 Å². The van der Waals surface area contributed by atoms with Crippen molar-refractivity contribution in [3.8, 4) is 5.88 Å². The number of benzene rings is 3. The molecule has 0 spiro atoms. The second-order valence-corrected chi connectivity index (χ2v) is 8.33. The Morgan fingerprint density at radius 3 is 2.11 bits per heavy atom. The van der Waals surface area contributed by atoms with Gasteiger partial charge >= 0.3 is 0 Å². The van der Waals surface area contributed by atoms with Gasteiger partial charge in [0.15, 0.2) is 5.69 Å². The number of rotatable bonds is 4. The zero-order chi connectivity index (χ0) is 19.7. The van der Waals surface area contributed by atoms with Crippen molar-refractivity contribution in [1.82, 2.24) is 4.98 Å². The van der Waals surface area contributed by atoms with Crippen molar-refractivity contribution >= 4 is 32.1 Å². The van der Waals surface area contributed by atoms with Crippen molar-refractivity contribution < 1.29 is 13.5 Å². The molecule has 4 rings (SSSR count). The highest BCUT2D eigenvalue weighted by Crippen LogP contribution is 2.36. The molecule has 7 heteroatoms. The number of hydrogen-bond acceptors (Lipinski definition) is 5. The Kier molecular flexibility index (Phi) is 4.44. The number of aromatic amines is 1. The molecule has 0 saturated heterocycles. The molecule has 0 saturated carbocycles. The van der Waals surface area contributed by atoms with Crippen molar-refractivity contribution in [3.05, 3.63) is 78.4 Å². The van der Waals surface area contributed by atoms with Crippen LogP contribution in [0.4, 0.5) is 11.4 Å². The predicted octanol–water partition coefficient (Wildman–Crippen LogP) is 5.43. The maximum absolute atomic E-state index is 12.7. The zero-order valence-corrected chi connectivity index (χ0v) is 15.8. The van der Waals surface area contributed by atoms with Gasteiger partial charge in [-0.1, -0.05) is 35.9 Å². The molecule has 0 atom stereocenters. The van der Waals surface area contributed by atoms with E-state index in [2.05, 4.69) is 15.2 Å². The minimum absolute atomic E-state index is 0.0662. The molecule has 1 aromatic heterocycles. The van der Waals surface area contributed by atoms with Crippen molar-refractivity contribution in [2.45, 2.75) is 16.7 Å². The van der Waals surface area contributed by atoms with E-state index in [9.17, 15) is 13.5 Å². The van der Waals surface area contributed by atoms with E-state index < -0.39 is 9.84 Å². The Morgan fingerprint density at radius 2 is 1.43 bits per heavy atom. The monoisotopic (exact) mass is 391 g/mol. The van der Waals surface area contributed by atoms with Crippen LogP contribution in [0.2, 0.25) is 0 Å². The third-order valence-electron chi connectivity index (χ3n) is 4.40. The first kappa shape index (κ1) is 17.9. The largest absolute Gasteiger partial charge is 0.493 e. The van der Waals surface area contributed by atoms with Crippen molar-refractivity contribution in [1.29, 1.82) is 0 Å². The molecular weight excluding hydrogens is 374 g/mol. The maximum atomic E-state index is 12.7. The summed E-state index contributed by atoms with van der Waals surface area (Å²) in [5, 5.41) is 19.0. The minimum Gasteiger partial charge on any atom is -0.493 e. The highest BCUT2D eigenvalue weighted by atomic mass is 32.2. The summed E-state index contributed by atoms with van der Waals surface area (Å²) in [6.45, 7) is 1.90. The van der Waals surface area contributed by atoms with E-state index >= 15 is 0 Å². The fourth-order valence-corrected chi connectivity index (χ4v) is 4.13. The summed E-state index contributed by atoms with van der Waals surface area (Å²) in [6.07, 6.45) is 0. The first-order valence-electron chi connectivity index (χ1n) is 8.58. The van der Waals surface area contributed by atoms with Gasteiger partial charge in [0.1, 0.15) is 0 Å². The topological polar surface area (TPSA) is 94.9 Å². The van der Waals surface area contributed by atoms with Crippen LogP contribution in [0.15, 0.2) is 92.8 Å². The van der Waals surface area contributed by atoms with Crippen LogP contribution < -0.4 is 0 Å². The minimum atomic E-state index is -3.58. The summed E-state index contributed by atoms with van der Waals surface area (Å²) < 4.78 is 25.4. The SMILES string of the molecule is Cc1ccc(S(=O)(=O)c2ccc(N=Nc3c(O)[nH]c4ccccc34)cc2)cc1. The number of nitrogens with one attached hydrogen (secondary N) is 1. The lowest BCUT2D eigenvalue weighted by Crippen LogP contribution is -2.01. The predicted molar refractivity (Wildman–Crippen MR) is 107 cm³/mol. The smallest absolute Gasteiger partial charge is 0.218 e. The molecule has 0 aliphatic rings. The number of azo groups is 1. The molecular formula is C21H17N3O3S. The van der Waals surface area contributed by atoms with Gasteiger partial charge in [-0.05, 0) is 49.4 Å². The van der Waals surface area contributed by atoms with E-state index in [-0.39, 0.29) is 15.7 Å². The summed E-state index contributed by atoms with van der Waals surface area (Å²) in [7, 11) is -3.58. The lowest BCUT2D eigenvalue weighted by atomic mass is 10.2. The van der Waals surface area contributed by atoms with E-state index in [1.807, 2.05) is 31.2 Å². The van der Waals surface area contributed by atoms with Crippen molar-refractivity contribution in [2.24, 2.45) is 10.2 Å². The van der Waals surface area contributed by atoms with E-state index in [4.69, 9.17) is 0 Å². The van der Waals surface area contributed by atoms with E-state index in [0.29, 0.717) is 11.4 Å². The van der Waals surface area contributed by atoms with Gasteiger partial charge in [-0.25, -0.2) is 8.42 Å². The van der Waals surface area contributed by atoms with Gasteiger partial charge in [0.25, 0.3) is 0 Å². The van der Waals surface area contributed by atoms with E-state index in [0.717, 1.165) is 16.5 Å². The van der Waals surface area contributed by atoms with E-state index in [1.54, 1.807) is 36.4 Å². The third kappa shape index (κ3) is 3.27. The fourth-order valence-electron chi connectivity index (χ4n) is 2.87. The van der Waals surface area contributed by atoms with Crippen LogP contribution in [0.5, 0.6) is 5.88 Å². The average molecular weight is 391 g/mol. The second kappa shape index (κ2) is 6.94. The molecule has 6 nitrogen and oxygen atoms in total. The molecule has 4 aromatic rings. The molecule has 3 aromatic carbocycles. The zero-order valence-electron chi connectivity index (χ0n) is 15.0. The average Bonchev–Trinajstić information content (AvgIpc) is 3.02. The Hall–Kier alpha value is -3.45. The number of aromatic nitrogens is 1. The molecule has 1 heterocycles. The van der Waals surface area contributed by atoms with E-state index in [1.165, 1.54) is 12.1 Å². The molecule has 0 aliphatic carbocycles. The molecule has 0 fully saturated rings. The van der Waals surface area contributed by atoms with Crippen LogP contribution in [0.3, 0.4) is 0 Å². The van der Waals surface area contributed by atoms with Crippen LogP contribution in [-0.4, -0.2) is 18.5 Å². The number of para-hydroxylation sites is 1. The fraction of sp³-hybridized carbons (Fsp3) is 0.0476. The summed E-state index contributed by atoms with van der Waals surface area (Å²) in [6, 6.07) is 20.2. The first-order valence-corrected chi connectivity index (χ1v) is 10.1. The van der Waals surface area contributed by atoms with Crippen LogP contribution >= 0.6 is 0 Å². The Balaban J connectivity index is 1.62. The molecule has 0 unspecified atom stereocenters. The number of H-pyrrole nitrogens is 1. The Labute approximate surface area is 162 Å². The summed E-state index contributed by atoms with van der Waals surface area (Å²) in [4.78, 5) is 3.27. The van der Waals surface area contributed by atoms with Gasteiger partial charge in [-0.2, -0.15) is 5.11 Å². The number of sulfone groups is 1. The van der Waals surface area contributed by atoms with Crippen LogP contribution in [0, 0.1) is 6.92 Å². The lowest BCUT2D eigenvalue weighted by Gasteiger charge is -2.05. The van der Waals surface area contributed by atoms with Crippen molar-refractivity contribution in [3.63, 3.8) is 0 Å². The highest BCUT2D eigenvalue weighted by molar-refractivity contribution is 7.91. The molecule has 140 valence electrons. The number of fused-ring (bicyclic) bond motifs is 1. The van der Waals surface area contributed by atoms with Gasteiger partial charge in [-0.15, -0.1) is 5.11 Å². The third-order valence-corrected chi connectivity index (χ3v) is 6.19. The molecule has 0 bridgehead atoms. The lowest BCUT2D eigenvalue weighted by molar-refractivity contribution is 0.459. The number of nitrogens with zero attached hydrogens (tertiary/aromatic N) is 2. The summed E-state index contributed by atoms with van der Waals surface area (Å²) in [5.41, 5.74) is 2.57.